The maximum atomic E-state index is 11.8. The zero-order valence-electron chi connectivity index (χ0n) is 11.7. The van der Waals surface area contributed by atoms with Crippen LogP contribution in [0.2, 0.25) is 0 Å². The second-order valence-corrected chi connectivity index (χ2v) is 4.77. The standard InChI is InChI=1S/C15H14N4O3/c20-14-6-5-13(17-18-14)11-1-3-12(4-2-11)22-9-15(21)19-8-7-16-10-19/h1-4,7-8,10H,5-6,9H2,(H,18,20). The number of hydrazone groups is 1. The molecule has 1 aromatic carbocycles. The highest BCUT2D eigenvalue weighted by atomic mass is 16.5. The van der Waals surface area contributed by atoms with Crippen LogP contribution in [0.4, 0.5) is 0 Å². The number of aromatic nitrogens is 2. The van der Waals surface area contributed by atoms with Crippen LogP contribution < -0.4 is 10.2 Å². The Hall–Kier alpha value is -2.96. The molecular weight excluding hydrogens is 284 g/mol. The van der Waals surface area contributed by atoms with Crippen molar-refractivity contribution in [1.29, 1.82) is 0 Å². The van der Waals surface area contributed by atoms with Crippen molar-refractivity contribution in [2.24, 2.45) is 5.10 Å². The van der Waals surface area contributed by atoms with Gasteiger partial charge in [0.05, 0.1) is 5.71 Å². The van der Waals surface area contributed by atoms with Gasteiger partial charge >= 0.3 is 0 Å². The van der Waals surface area contributed by atoms with Crippen LogP contribution in [0.5, 0.6) is 5.75 Å². The minimum atomic E-state index is -0.194. The van der Waals surface area contributed by atoms with Gasteiger partial charge in [0, 0.05) is 25.2 Å². The molecule has 0 aliphatic carbocycles. The lowest BCUT2D eigenvalue weighted by Gasteiger charge is -2.12. The first kappa shape index (κ1) is 14.0. The van der Waals surface area contributed by atoms with E-state index in [0.717, 1.165) is 11.3 Å². The molecule has 2 heterocycles. The zero-order chi connectivity index (χ0) is 15.4. The third-order valence-corrected chi connectivity index (χ3v) is 3.25. The van der Waals surface area contributed by atoms with Gasteiger partial charge in [0.1, 0.15) is 12.1 Å². The lowest BCUT2D eigenvalue weighted by Crippen LogP contribution is -2.25. The molecule has 0 saturated heterocycles. The van der Waals surface area contributed by atoms with Gasteiger partial charge in [-0.3, -0.25) is 14.2 Å². The van der Waals surface area contributed by atoms with Crippen molar-refractivity contribution in [3.63, 3.8) is 0 Å². The smallest absolute Gasteiger partial charge is 0.269 e. The molecule has 0 atom stereocenters. The SMILES string of the molecule is O=C1CCC(c2ccc(OCC(=O)n3ccnc3)cc2)=NN1. The van der Waals surface area contributed by atoms with Crippen LogP contribution >= 0.6 is 0 Å². The number of rotatable bonds is 4. The topological polar surface area (TPSA) is 85.6 Å². The Bertz CT molecular complexity index is 705. The fraction of sp³-hybridized carbons (Fsp3) is 0.200. The molecule has 0 fully saturated rings. The van der Waals surface area contributed by atoms with E-state index in [9.17, 15) is 9.59 Å². The van der Waals surface area contributed by atoms with Gasteiger partial charge in [-0.2, -0.15) is 5.10 Å². The molecule has 112 valence electrons. The molecule has 22 heavy (non-hydrogen) atoms. The molecule has 1 aliphatic rings. The van der Waals surface area contributed by atoms with Crippen LogP contribution in [0.1, 0.15) is 23.2 Å². The summed E-state index contributed by atoms with van der Waals surface area (Å²) in [7, 11) is 0. The van der Waals surface area contributed by atoms with Gasteiger partial charge < -0.3 is 4.74 Å². The number of nitrogens with zero attached hydrogens (tertiary/aromatic N) is 3. The summed E-state index contributed by atoms with van der Waals surface area (Å²) in [6.45, 7) is -0.0628. The Labute approximate surface area is 126 Å². The Morgan fingerprint density at radius 3 is 2.73 bits per heavy atom. The fourth-order valence-corrected chi connectivity index (χ4v) is 2.05. The molecule has 0 saturated carbocycles. The van der Waals surface area contributed by atoms with Gasteiger partial charge in [-0.05, 0) is 29.8 Å². The number of carbonyl (C=O) groups excluding carboxylic acids is 2. The first-order valence-corrected chi connectivity index (χ1v) is 6.82. The molecular formula is C15H14N4O3. The van der Waals surface area contributed by atoms with E-state index in [1.54, 1.807) is 18.3 Å². The highest BCUT2D eigenvalue weighted by Crippen LogP contribution is 2.15. The zero-order valence-corrected chi connectivity index (χ0v) is 11.7. The van der Waals surface area contributed by atoms with E-state index in [-0.39, 0.29) is 18.4 Å². The number of amides is 1. The molecule has 7 nitrogen and oxygen atoms in total. The largest absolute Gasteiger partial charge is 0.484 e. The van der Waals surface area contributed by atoms with Crippen LogP contribution in [-0.4, -0.2) is 33.7 Å². The van der Waals surface area contributed by atoms with Gasteiger partial charge in [-0.1, -0.05) is 0 Å². The van der Waals surface area contributed by atoms with Gasteiger partial charge in [-0.25, -0.2) is 10.4 Å². The normalized spacial score (nSPS) is 14.2. The number of hydrogen-bond acceptors (Lipinski definition) is 5. The molecule has 1 aromatic heterocycles. The van der Waals surface area contributed by atoms with Crippen molar-refractivity contribution in [3.8, 4) is 5.75 Å². The highest BCUT2D eigenvalue weighted by Gasteiger charge is 2.13. The summed E-state index contributed by atoms with van der Waals surface area (Å²) in [4.78, 5) is 26.6. The third kappa shape index (κ3) is 3.20. The maximum absolute atomic E-state index is 11.8. The fourth-order valence-electron chi connectivity index (χ4n) is 2.05. The lowest BCUT2D eigenvalue weighted by molar-refractivity contribution is -0.121. The van der Waals surface area contributed by atoms with Crippen LogP contribution in [0, 0.1) is 0 Å². The van der Waals surface area contributed by atoms with E-state index < -0.39 is 0 Å². The predicted octanol–water partition coefficient (Wildman–Crippen LogP) is 1.22. The summed E-state index contributed by atoms with van der Waals surface area (Å²) >= 11 is 0. The molecule has 2 aromatic rings. The van der Waals surface area contributed by atoms with Crippen LogP contribution in [0.25, 0.3) is 0 Å². The number of carbonyl (C=O) groups is 2. The minimum absolute atomic E-state index is 0.0628. The second kappa shape index (κ2) is 6.21. The van der Waals surface area contributed by atoms with Crippen molar-refractivity contribution < 1.29 is 14.3 Å². The summed E-state index contributed by atoms with van der Waals surface area (Å²) in [5.74, 6) is 0.334. The minimum Gasteiger partial charge on any atom is -0.484 e. The van der Waals surface area contributed by atoms with Crippen LogP contribution in [-0.2, 0) is 4.79 Å². The van der Waals surface area contributed by atoms with Crippen molar-refractivity contribution in [2.45, 2.75) is 12.8 Å². The number of benzene rings is 1. The molecule has 0 spiro atoms. The van der Waals surface area contributed by atoms with E-state index in [4.69, 9.17) is 4.74 Å². The molecule has 3 rings (SSSR count). The van der Waals surface area contributed by atoms with Crippen molar-refractivity contribution >= 4 is 17.5 Å². The summed E-state index contributed by atoms with van der Waals surface area (Å²) < 4.78 is 6.81. The third-order valence-electron chi connectivity index (χ3n) is 3.25. The van der Waals surface area contributed by atoms with E-state index >= 15 is 0 Å². The first-order valence-electron chi connectivity index (χ1n) is 6.82. The predicted molar refractivity (Wildman–Crippen MR) is 78.7 cm³/mol. The number of hydrogen-bond donors (Lipinski definition) is 1. The number of imidazole rings is 1. The molecule has 7 heteroatoms. The van der Waals surface area contributed by atoms with E-state index in [0.29, 0.717) is 18.6 Å². The van der Waals surface area contributed by atoms with Crippen LogP contribution in [0.3, 0.4) is 0 Å². The molecule has 1 aliphatic heterocycles. The van der Waals surface area contributed by atoms with Crippen molar-refractivity contribution in [2.75, 3.05) is 6.61 Å². The Morgan fingerprint density at radius 1 is 1.27 bits per heavy atom. The van der Waals surface area contributed by atoms with E-state index in [1.807, 2.05) is 12.1 Å². The first-order chi connectivity index (χ1) is 10.7. The Kier molecular flexibility index (Phi) is 3.95. The maximum Gasteiger partial charge on any atom is 0.269 e. The molecule has 1 N–H and O–H groups in total. The van der Waals surface area contributed by atoms with Gasteiger partial charge in [-0.15, -0.1) is 0 Å². The second-order valence-electron chi connectivity index (χ2n) is 4.77. The summed E-state index contributed by atoms with van der Waals surface area (Å²) in [5.41, 5.74) is 4.22. The molecule has 0 bridgehead atoms. The summed E-state index contributed by atoms with van der Waals surface area (Å²) in [6, 6.07) is 7.26. The molecule has 1 amide bonds. The highest BCUT2D eigenvalue weighted by molar-refractivity contribution is 6.04. The van der Waals surface area contributed by atoms with Crippen molar-refractivity contribution in [1.82, 2.24) is 15.0 Å². The van der Waals surface area contributed by atoms with E-state index in [1.165, 1.54) is 17.1 Å². The average Bonchev–Trinajstić information content (AvgIpc) is 3.08. The number of nitrogens with one attached hydrogen (secondary N) is 1. The quantitative estimate of drug-likeness (QED) is 0.919. The Morgan fingerprint density at radius 2 is 2.09 bits per heavy atom. The van der Waals surface area contributed by atoms with E-state index in [2.05, 4.69) is 15.5 Å². The van der Waals surface area contributed by atoms with Crippen LogP contribution in [0.15, 0.2) is 48.1 Å². The monoisotopic (exact) mass is 298 g/mol. The van der Waals surface area contributed by atoms with Gasteiger partial charge in [0.25, 0.3) is 5.91 Å². The molecule has 0 radical (unpaired) electrons. The summed E-state index contributed by atoms with van der Waals surface area (Å²) in [5, 5.41) is 4.03. The Balaban J connectivity index is 1.60. The van der Waals surface area contributed by atoms with Gasteiger partial charge in [0.2, 0.25) is 5.91 Å². The van der Waals surface area contributed by atoms with Gasteiger partial charge in [0.15, 0.2) is 6.61 Å². The lowest BCUT2D eigenvalue weighted by atomic mass is 10.0. The number of ether oxygens (including phenoxy) is 1. The summed E-state index contributed by atoms with van der Waals surface area (Å²) in [6.07, 6.45) is 5.60. The van der Waals surface area contributed by atoms with Crippen molar-refractivity contribution in [3.05, 3.63) is 48.5 Å². The molecule has 0 unspecified atom stereocenters. The average molecular weight is 298 g/mol.